The van der Waals surface area contributed by atoms with E-state index < -0.39 is 17.8 Å². The maximum atomic E-state index is 12.2. The van der Waals surface area contributed by atoms with Crippen LogP contribution in [0.1, 0.15) is 51.4 Å². The molecule has 0 bridgehead atoms. The van der Waals surface area contributed by atoms with Crippen molar-refractivity contribution in [2.75, 3.05) is 19.9 Å². The van der Waals surface area contributed by atoms with Gasteiger partial charge in [-0.15, -0.1) is 5.06 Å². The van der Waals surface area contributed by atoms with Crippen molar-refractivity contribution in [3.8, 4) is 0 Å². The lowest BCUT2D eigenvalue weighted by Crippen LogP contribution is -2.38. The molecule has 0 atom stereocenters. The summed E-state index contributed by atoms with van der Waals surface area (Å²) in [5.74, 6) is -1.24. The van der Waals surface area contributed by atoms with Gasteiger partial charge in [0.25, 0.3) is 11.8 Å². The summed E-state index contributed by atoms with van der Waals surface area (Å²) in [6.07, 6.45) is 4.40. The topological polar surface area (TPSA) is 93.2 Å². The summed E-state index contributed by atoms with van der Waals surface area (Å²) in [6, 6.07) is 0. The third-order valence-corrected chi connectivity index (χ3v) is 5.12. The van der Waals surface area contributed by atoms with Crippen LogP contribution in [0.15, 0.2) is 0 Å². The van der Waals surface area contributed by atoms with Crippen molar-refractivity contribution in [2.24, 2.45) is 11.8 Å². The monoisotopic (exact) mass is 352 g/mol. The number of ether oxygens (including phenoxy) is 1. The van der Waals surface area contributed by atoms with Gasteiger partial charge in [0.15, 0.2) is 0 Å². The predicted octanol–water partition coefficient (Wildman–Crippen LogP) is 0.996. The van der Waals surface area contributed by atoms with E-state index in [0.717, 1.165) is 19.3 Å². The fraction of sp³-hybridized carbons (Fsp3) is 0.765. The highest BCUT2D eigenvalue weighted by molar-refractivity contribution is 6.01. The molecule has 8 heteroatoms. The van der Waals surface area contributed by atoms with E-state index in [1.807, 2.05) is 0 Å². The lowest BCUT2D eigenvalue weighted by molar-refractivity contribution is -0.201. The molecule has 0 N–H and O–H groups in total. The fourth-order valence-electron chi connectivity index (χ4n) is 3.60. The first-order chi connectivity index (χ1) is 12.0. The molecule has 1 aliphatic carbocycles. The minimum absolute atomic E-state index is 0.102. The highest BCUT2D eigenvalue weighted by Crippen LogP contribution is 2.31. The molecule has 0 aromatic heterocycles. The number of hydrogen-bond donors (Lipinski definition) is 0. The van der Waals surface area contributed by atoms with E-state index in [4.69, 9.17) is 9.57 Å². The predicted molar refractivity (Wildman–Crippen MR) is 84.4 cm³/mol. The number of amides is 3. The number of carbonyl (C=O) groups is 4. The first kappa shape index (κ1) is 17.8. The van der Waals surface area contributed by atoms with Gasteiger partial charge in [-0.05, 0) is 38.0 Å². The summed E-state index contributed by atoms with van der Waals surface area (Å²) >= 11 is 0. The lowest BCUT2D eigenvalue weighted by atomic mass is 9.82. The Balaban J connectivity index is 1.45. The van der Waals surface area contributed by atoms with Crippen LogP contribution in [0.2, 0.25) is 0 Å². The summed E-state index contributed by atoms with van der Waals surface area (Å²) < 4.78 is 5.43. The van der Waals surface area contributed by atoms with Crippen LogP contribution in [-0.4, -0.2) is 53.5 Å². The third kappa shape index (κ3) is 4.36. The van der Waals surface area contributed by atoms with Gasteiger partial charge in [0.05, 0.1) is 5.92 Å². The van der Waals surface area contributed by atoms with Crippen LogP contribution in [0.25, 0.3) is 0 Å². The number of hydrogen-bond acceptors (Lipinski definition) is 6. The summed E-state index contributed by atoms with van der Waals surface area (Å²) in [4.78, 5) is 54.0. The first-order valence-electron chi connectivity index (χ1n) is 8.97. The third-order valence-electron chi connectivity index (χ3n) is 5.12. The van der Waals surface area contributed by atoms with Crippen molar-refractivity contribution in [1.29, 1.82) is 0 Å². The minimum atomic E-state index is -0.503. The number of carbonyl (C=O) groups excluding carboxylic acids is 4. The smallest absolute Gasteiger partial charge is 0.336 e. The molecule has 3 fully saturated rings. The van der Waals surface area contributed by atoms with E-state index in [-0.39, 0.29) is 24.7 Å². The molecule has 0 spiro atoms. The summed E-state index contributed by atoms with van der Waals surface area (Å²) in [6.45, 7) is 1.62. The highest BCUT2D eigenvalue weighted by atomic mass is 16.7. The van der Waals surface area contributed by atoms with Crippen LogP contribution in [0.5, 0.6) is 0 Å². The summed E-state index contributed by atoms with van der Waals surface area (Å²) in [5.41, 5.74) is 0. The Morgan fingerprint density at radius 3 is 2.36 bits per heavy atom. The Morgan fingerprint density at radius 2 is 1.68 bits per heavy atom. The molecule has 1 saturated carbocycles. The van der Waals surface area contributed by atoms with Gasteiger partial charge < -0.3 is 14.5 Å². The van der Waals surface area contributed by atoms with Gasteiger partial charge in [0.2, 0.25) is 5.91 Å². The average Bonchev–Trinajstić information content (AvgIpc) is 2.80. The molecule has 25 heavy (non-hydrogen) atoms. The van der Waals surface area contributed by atoms with Gasteiger partial charge in [-0.1, -0.05) is 0 Å². The van der Waals surface area contributed by atoms with Crippen LogP contribution < -0.4 is 0 Å². The zero-order valence-electron chi connectivity index (χ0n) is 14.3. The number of nitrogens with zero attached hydrogens (tertiary/aromatic N) is 2. The van der Waals surface area contributed by atoms with E-state index in [9.17, 15) is 19.2 Å². The quantitative estimate of drug-likeness (QED) is 0.701. The molecule has 3 rings (SSSR count). The standard InChI is InChI=1S/C17H24N2O6/c20-14-2-1-9-24-11-18(14)10-12-3-5-13(6-4-12)17(23)25-19-15(21)7-8-16(19)22/h12-13H,1-11H2. The Kier molecular flexibility index (Phi) is 5.67. The second-order valence-corrected chi connectivity index (χ2v) is 6.97. The van der Waals surface area contributed by atoms with Crippen LogP contribution in [-0.2, 0) is 28.8 Å². The number of hydroxylamine groups is 2. The van der Waals surface area contributed by atoms with E-state index >= 15 is 0 Å². The van der Waals surface area contributed by atoms with Gasteiger partial charge in [0.1, 0.15) is 6.73 Å². The van der Waals surface area contributed by atoms with E-state index in [1.165, 1.54) is 0 Å². The number of imide groups is 1. The Labute approximate surface area is 146 Å². The van der Waals surface area contributed by atoms with E-state index in [1.54, 1.807) is 4.90 Å². The largest absolute Gasteiger partial charge is 0.361 e. The van der Waals surface area contributed by atoms with Gasteiger partial charge in [0, 0.05) is 32.4 Å². The highest BCUT2D eigenvalue weighted by Gasteiger charge is 2.36. The number of rotatable bonds is 4. The molecule has 3 aliphatic rings. The molecule has 0 unspecified atom stereocenters. The molecular formula is C17H24N2O6. The van der Waals surface area contributed by atoms with E-state index in [0.29, 0.717) is 50.1 Å². The van der Waals surface area contributed by atoms with Crippen molar-refractivity contribution in [3.05, 3.63) is 0 Å². The molecule has 0 aromatic rings. The van der Waals surface area contributed by atoms with Gasteiger partial charge >= 0.3 is 5.97 Å². The van der Waals surface area contributed by atoms with Crippen molar-refractivity contribution >= 4 is 23.7 Å². The van der Waals surface area contributed by atoms with Crippen molar-refractivity contribution in [3.63, 3.8) is 0 Å². The lowest BCUT2D eigenvalue weighted by Gasteiger charge is -2.31. The van der Waals surface area contributed by atoms with Gasteiger partial charge in [-0.3, -0.25) is 14.4 Å². The van der Waals surface area contributed by atoms with E-state index in [2.05, 4.69) is 0 Å². The normalized spacial score (nSPS) is 28.2. The maximum Gasteiger partial charge on any atom is 0.336 e. The van der Waals surface area contributed by atoms with Crippen molar-refractivity contribution in [2.45, 2.75) is 51.4 Å². The molecule has 3 amide bonds. The van der Waals surface area contributed by atoms with Gasteiger partial charge in [-0.2, -0.15) is 0 Å². The fourth-order valence-corrected chi connectivity index (χ4v) is 3.60. The molecule has 2 saturated heterocycles. The SMILES string of the molecule is O=C(ON1C(=O)CCC1=O)C1CCC(CN2COCCCC2=O)CC1. The Bertz CT molecular complexity index is 539. The first-order valence-corrected chi connectivity index (χ1v) is 8.97. The molecule has 8 nitrogen and oxygen atoms in total. The maximum absolute atomic E-state index is 12.2. The zero-order chi connectivity index (χ0) is 17.8. The second kappa shape index (κ2) is 7.95. The zero-order valence-corrected chi connectivity index (χ0v) is 14.3. The minimum Gasteiger partial charge on any atom is -0.361 e. The second-order valence-electron chi connectivity index (χ2n) is 6.97. The van der Waals surface area contributed by atoms with Gasteiger partial charge in [-0.25, -0.2) is 4.79 Å². The van der Waals surface area contributed by atoms with Crippen molar-refractivity contribution < 1.29 is 28.8 Å². The Hall–Kier alpha value is -1.96. The average molecular weight is 352 g/mol. The molecule has 2 heterocycles. The van der Waals surface area contributed by atoms with Crippen LogP contribution in [0, 0.1) is 11.8 Å². The molecule has 0 radical (unpaired) electrons. The summed E-state index contributed by atoms with van der Waals surface area (Å²) in [5, 5.41) is 0.613. The van der Waals surface area contributed by atoms with Crippen LogP contribution in [0.4, 0.5) is 0 Å². The molecule has 2 aliphatic heterocycles. The van der Waals surface area contributed by atoms with Crippen molar-refractivity contribution in [1.82, 2.24) is 9.96 Å². The summed E-state index contributed by atoms with van der Waals surface area (Å²) in [7, 11) is 0. The molecule has 0 aromatic carbocycles. The molecule has 138 valence electrons. The Morgan fingerprint density at radius 1 is 1.00 bits per heavy atom. The van der Waals surface area contributed by atoms with Crippen LogP contribution in [0.3, 0.4) is 0 Å². The van der Waals surface area contributed by atoms with Crippen LogP contribution >= 0.6 is 0 Å². The molecular weight excluding hydrogens is 328 g/mol.